The van der Waals surface area contributed by atoms with Crippen LogP contribution in [0, 0.1) is 5.82 Å². The summed E-state index contributed by atoms with van der Waals surface area (Å²) in [6.07, 6.45) is 3.54. The Morgan fingerprint density at radius 1 is 1.40 bits per heavy atom. The maximum Gasteiger partial charge on any atom is 0.127 e. The Hall–Kier alpha value is -1.20. The second-order valence-electron chi connectivity index (χ2n) is 4.86. The Labute approximate surface area is 127 Å². The molecule has 0 bridgehead atoms. The number of benzene rings is 1. The molecule has 2 rings (SSSR count). The van der Waals surface area contributed by atoms with Gasteiger partial charge in [-0.2, -0.15) is 5.10 Å². The van der Waals surface area contributed by atoms with Crippen LogP contribution in [0.3, 0.4) is 0 Å². The highest BCUT2D eigenvalue weighted by Crippen LogP contribution is 2.21. The molecule has 1 N–H and O–H groups in total. The number of hydrogen-bond donors (Lipinski definition) is 1. The van der Waals surface area contributed by atoms with Crippen molar-refractivity contribution in [1.82, 2.24) is 15.1 Å². The summed E-state index contributed by atoms with van der Waals surface area (Å²) in [5, 5.41) is 7.86. The van der Waals surface area contributed by atoms with Gasteiger partial charge in [0.2, 0.25) is 0 Å². The lowest BCUT2D eigenvalue weighted by Crippen LogP contribution is -2.25. The maximum atomic E-state index is 14.0. The Balaban J connectivity index is 2.18. The van der Waals surface area contributed by atoms with Crippen molar-refractivity contribution in [3.8, 4) is 0 Å². The third-order valence-corrected chi connectivity index (χ3v) is 3.66. The molecular formula is C15H19BrFN3. The molecule has 0 radical (unpaired) electrons. The van der Waals surface area contributed by atoms with Gasteiger partial charge in [-0.1, -0.05) is 28.9 Å². The van der Waals surface area contributed by atoms with E-state index in [1.807, 2.05) is 31.4 Å². The fourth-order valence-electron chi connectivity index (χ4n) is 2.13. The molecule has 1 aromatic heterocycles. The van der Waals surface area contributed by atoms with Crippen LogP contribution in [-0.4, -0.2) is 16.3 Å². The molecule has 0 aliphatic rings. The van der Waals surface area contributed by atoms with E-state index < -0.39 is 0 Å². The Kier molecular flexibility index (Phi) is 5.31. The molecule has 0 fully saturated rings. The quantitative estimate of drug-likeness (QED) is 0.871. The highest BCUT2D eigenvalue weighted by molar-refractivity contribution is 9.10. The molecule has 0 saturated heterocycles. The first-order chi connectivity index (χ1) is 9.60. The van der Waals surface area contributed by atoms with Gasteiger partial charge in [0.25, 0.3) is 0 Å². The maximum absolute atomic E-state index is 14.0. The van der Waals surface area contributed by atoms with E-state index >= 15 is 0 Å². The first kappa shape index (κ1) is 15.2. The molecule has 1 heterocycles. The summed E-state index contributed by atoms with van der Waals surface area (Å²) < 4.78 is 16.5. The van der Waals surface area contributed by atoms with Gasteiger partial charge in [-0.25, -0.2) is 4.39 Å². The lowest BCUT2D eigenvalue weighted by Gasteiger charge is -2.17. The molecule has 108 valence electrons. The summed E-state index contributed by atoms with van der Waals surface area (Å²) in [6, 6.07) is 7.21. The number of rotatable bonds is 6. The summed E-state index contributed by atoms with van der Waals surface area (Å²) in [5.74, 6) is -0.182. The Bertz CT molecular complexity index is 568. The second-order valence-corrected chi connectivity index (χ2v) is 5.78. The van der Waals surface area contributed by atoms with E-state index in [0.29, 0.717) is 12.0 Å². The molecule has 1 aromatic carbocycles. The van der Waals surface area contributed by atoms with Crippen molar-refractivity contribution in [3.05, 3.63) is 52.0 Å². The van der Waals surface area contributed by atoms with Crippen LogP contribution in [0.5, 0.6) is 0 Å². The molecule has 0 spiro atoms. The van der Waals surface area contributed by atoms with E-state index in [9.17, 15) is 4.39 Å². The van der Waals surface area contributed by atoms with Crippen molar-refractivity contribution in [2.75, 3.05) is 6.54 Å². The molecule has 2 aromatic rings. The number of nitrogens with one attached hydrogen (secondary N) is 1. The zero-order valence-electron chi connectivity index (χ0n) is 11.7. The van der Waals surface area contributed by atoms with Gasteiger partial charge in [-0.15, -0.1) is 0 Å². The third-order valence-electron chi connectivity index (χ3n) is 3.17. The molecule has 0 saturated carbocycles. The normalized spacial score (nSPS) is 12.6. The highest BCUT2D eigenvalue weighted by Gasteiger charge is 2.16. The van der Waals surface area contributed by atoms with Crippen LogP contribution in [0.25, 0.3) is 0 Å². The molecule has 3 nitrogen and oxygen atoms in total. The number of aromatic nitrogens is 2. The fraction of sp³-hybridized carbons (Fsp3) is 0.400. The van der Waals surface area contributed by atoms with E-state index in [-0.39, 0.29) is 11.9 Å². The Morgan fingerprint density at radius 3 is 2.80 bits per heavy atom. The minimum absolute atomic E-state index is 0.0341. The van der Waals surface area contributed by atoms with Crippen molar-refractivity contribution in [1.29, 1.82) is 0 Å². The number of aryl methyl sites for hydroxylation is 1. The summed E-state index contributed by atoms with van der Waals surface area (Å²) >= 11 is 3.28. The molecule has 20 heavy (non-hydrogen) atoms. The minimum atomic E-state index is -0.182. The standard InChI is InChI=1S/C15H19BrFN3/c1-3-7-18-15(14-6-8-20(2)19-14)9-11-4-5-12(16)10-13(11)17/h4-6,8,10,15,18H,3,7,9H2,1-2H3. The van der Waals surface area contributed by atoms with Crippen LogP contribution in [0.4, 0.5) is 4.39 Å². The molecule has 0 amide bonds. The van der Waals surface area contributed by atoms with Crippen LogP contribution < -0.4 is 5.32 Å². The van der Waals surface area contributed by atoms with E-state index in [4.69, 9.17) is 0 Å². The van der Waals surface area contributed by atoms with Gasteiger partial charge in [0.05, 0.1) is 11.7 Å². The molecule has 5 heteroatoms. The van der Waals surface area contributed by atoms with Crippen LogP contribution >= 0.6 is 15.9 Å². The number of halogens is 2. The summed E-state index contributed by atoms with van der Waals surface area (Å²) in [5.41, 5.74) is 1.65. The van der Waals surface area contributed by atoms with E-state index in [1.165, 1.54) is 6.07 Å². The van der Waals surface area contributed by atoms with Crippen LogP contribution in [-0.2, 0) is 13.5 Å². The van der Waals surface area contributed by atoms with Gasteiger partial charge in [0, 0.05) is 17.7 Å². The fourth-order valence-corrected chi connectivity index (χ4v) is 2.46. The average Bonchev–Trinajstić information content (AvgIpc) is 2.83. The zero-order valence-corrected chi connectivity index (χ0v) is 13.3. The molecular weight excluding hydrogens is 321 g/mol. The number of nitrogens with zero attached hydrogens (tertiary/aromatic N) is 2. The van der Waals surface area contributed by atoms with E-state index in [2.05, 4.69) is 33.3 Å². The van der Waals surface area contributed by atoms with Gasteiger partial charge < -0.3 is 5.32 Å². The van der Waals surface area contributed by atoms with E-state index in [0.717, 1.165) is 23.1 Å². The summed E-state index contributed by atoms with van der Waals surface area (Å²) in [4.78, 5) is 0. The van der Waals surface area contributed by atoms with Gasteiger partial charge in [0.1, 0.15) is 5.82 Å². The van der Waals surface area contributed by atoms with Crippen LogP contribution in [0.1, 0.15) is 30.6 Å². The van der Waals surface area contributed by atoms with E-state index in [1.54, 1.807) is 4.68 Å². The second kappa shape index (κ2) is 6.99. The molecule has 1 unspecified atom stereocenters. The topological polar surface area (TPSA) is 29.9 Å². The summed E-state index contributed by atoms with van der Waals surface area (Å²) in [6.45, 7) is 3.00. The van der Waals surface area contributed by atoms with Crippen molar-refractivity contribution in [2.45, 2.75) is 25.8 Å². The third kappa shape index (κ3) is 3.90. The lowest BCUT2D eigenvalue weighted by molar-refractivity contribution is 0.497. The molecule has 0 aliphatic heterocycles. The monoisotopic (exact) mass is 339 g/mol. The van der Waals surface area contributed by atoms with Crippen LogP contribution in [0.15, 0.2) is 34.9 Å². The summed E-state index contributed by atoms with van der Waals surface area (Å²) in [7, 11) is 1.89. The zero-order chi connectivity index (χ0) is 14.5. The SMILES string of the molecule is CCCNC(Cc1ccc(Br)cc1F)c1ccn(C)n1. The smallest absolute Gasteiger partial charge is 0.127 e. The van der Waals surface area contributed by atoms with Crippen molar-refractivity contribution >= 4 is 15.9 Å². The molecule has 0 aliphatic carbocycles. The largest absolute Gasteiger partial charge is 0.308 e. The Morgan fingerprint density at radius 2 is 2.20 bits per heavy atom. The van der Waals surface area contributed by atoms with Crippen molar-refractivity contribution < 1.29 is 4.39 Å². The number of hydrogen-bond acceptors (Lipinski definition) is 2. The van der Waals surface area contributed by atoms with Crippen molar-refractivity contribution in [2.24, 2.45) is 7.05 Å². The van der Waals surface area contributed by atoms with Crippen LogP contribution in [0.2, 0.25) is 0 Å². The average molecular weight is 340 g/mol. The predicted octanol–water partition coefficient (Wildman–Crippen LogP) is 3.61. The van der Waals surface area contributed by atoms with Gasteiger partial charge >= 0.3 is 0 Å². The minimum Gasteiger partial charge on any atom is -0.308 e. The molecule has 1 atom stereocenters. The van der Waals surface area contributed by atoms with Crippen molar-refractivity contribution in [3.63, 3.8) is 0 Å². The predicted molar refractivity (Wildman–Crippen MR) is 82.0 cm³/mol. The lowest BCUT2D eigenvalue weighted by atomic mass is 10.0. The first-order valence-corrected chi connectivity index (χ1v) is 7.56. The van der Waals surface area contributed by atoms with Gasteiger partial charge in [-0.05, 0) is 43.1 Å². The van der Waals surface area contributed by atoms with Gasteiger partial charge in [0.15, 0.2) is 0 Å². The highest BCUT2D eigenvalue weighted by atomic mass is 79.9. The van der Waals surface area contributed by atoms with Gasteiger partial charge in [-0.3, -0.25) is 4.68 Å². The first-order valence-electron chi connectivity index (χ1n) is 6.77.